The largest absolute Gasteiger partial charge is 0.307 e. The molecule has 2 rings (SSSR count). The normalized spacial score (nSPS) is 16.7. The predicted octanol–water partition coefficient (Wildman–Crippen LogP) is 3.69. The Morgan fingerprint density at radius 3 is 2.69 bits per heavy atom. The highest BCUT2D eigenvalue weighted by Gasteiger charge is 2.27. The van der Waals surface area contributed by atoms with E-state index in [1.54, 1.807) is 0 Å². The van der Waals surface area contributed by atoms with Crippen LogP contribution in [0.25, 0.3) is 0 Å². The lowest BCUT2D eigenvalue weighted by Crippen LogP contribution is -2.40. The molecule has 1 heterocycles. The lowest BCUT2D eigenvalue weighted by atomic mass is 9.96. The van der Waals surface area contributed by atoms with Crippen molar-refractivity contribution in [2.45, 2.75) is 64.5 Å². The van der Waals surface area contributed by atoms with E-state index in [1.165, 1.54) is 35.6 Å². The molecule has 0 amide bonds. The maximum atomic E-state index is 4.51. The Labute approximate surface area is 102 Å². The fraction of sp³-hybridized carbons (Fsp3) is 0.769. The van der Waals surface area contributed by atoms with Crippen LogP contribution in [0.1, 0.15) is 62.3 Å². The number of rotatable bonds is 6. The smallest absolute Gasteiger partial charge is 0.0959 e. The second-order valence-electron chi connectivity index (χ2n) is 5.06. The zero-order valence-corrected chi connectivity index (χ0v) is 11.4. The minimum Gasteiger partial charge on any atom is -0.307 e. The van der Waals surface area contributed by atoms with Gasteiger partial charge in [-0.1, -0.05) is 13.8 Å². The molecule has 0 bridgehead atoms. The number of nitrogens with zero attached hydrogens (tertiary/aromatic N) is 1. The summed E-state index contributed by atoms with van der Waals surface area (Å²) in [5.41, 5.74) is 0.281. The van der Waals surface area contributed by atoms with E-state index in [1.807, 2.05) is 11.3 Å². The van der Waals surface area contributed by atoms with Crippen molar-refractivity contribution in [2.75, 3.05) is 0 Å². The van der Waals surface area contributed by atoms with Gasteiger partial charge in [-0.25, -0.2) is 4.98 Å². The summed E-state index contributed by atoms with van der Waals surface area (Å²) in [6, 6.07) is 0. The lowest BCUT2D eigenvalue weighted by Gasteiger charge is -2.28. The highest BCUT2D eigenvalue weighted by atomic mass is 32.1. The van der Waals surface area contributed by atoms with Crippen molar-refractivity contribution in [3.05, 3.63) is 16.1 Å². The fourth-order valence-electron chi connectivity index (χ4n) is 1.72. The maximum Gasteiger partial charge on any atom is 0.0959 e. The van der Waals surface area contributed by atoms with Crippen LogP contribution in [0.4, 0.5) is 0 Å². The van der Waals surface area contributed by atoms with Gasteiger partial charge in [-0.05, 0) is 32.6 Å². The second-order valence-corrected chi connectivity index (χ2v) is 6.21. The summed E-state index contributed by atoms with van der Waals surface area (Å²) < 4.78 is 0. The predicted molar refractivity (Wildman–Crippen MR) is 69.9 cm³/mol. The summed E-state index contributed by atoms with van der Waals surface area (Å²) in [6.07, 6.45) is 7.11. The summed E-state index contributed by atoms with van der Waals surface area (Å²) >= 11 is 1.89. The summed E-state index contributed by atoms with van der Waals surface area (Å²) in [6.45, 7) is 7.77. The van der Waals surface area contributed by atoms with E-state index >= 15 is 0 Å². The molecule has 0 atom stereocenters. The van der Waals surface area contributed by atoms with Crippen molar-refractivity contribution in [3.63, 3.8) is 0 Å². The average Bonchev–Trinajstić information content (AvgIpc) is 3.06. The number of aromatic nitrogens is 1. The van der Waals surface area contributed by atoms with Gasteiger partial charge in [-0.3, -0.25) is 0 Å². The number of hydrogen-bond donors (Lipinski definition) is 1. The van der Waals surface area contributed by atoms with Crippen LogP contribution in [0.2, 0.25) is 0 Å². The third-order valence-electron chi connectivity index (χ3n) is 3.75. The molecular formula is C13H22N2S. The Morgan fingerprint density at radius 1 is 1.44 bits per heavy atom. The molecule has 0 saturated heterocycles. The molecule has 0 radical (unpaired) electrons. The zero-order chi connectivity index (χ0) is 11.6. The van der Waals surface area contributed by atoms with E-state index in [0.29, 0.717) is 0 Å². The van der Waals surface area contributed by atoms with Crippen molar-refractivity contribution >= 4 is 11.3 Å². The van der Waals surface area contributed by atoms with Crippen LogP contribution in [0.5, 0.6) is 0 Å². The molecule has 1 aromatic rings. The van der Waals surface area contributed by atoms with Crippen LogP contribution >= 0.6 is 11.3 Å². The fourth-order valence-corrected chi connectivity index (χ4v) is 2.75. The van der Waals surface area contributed by atoms with Gasteiger partial charge in [0, 0.05) is 29.1 Å². The number of thiazole rings is 1. The topological polar surface area (TPSA) is 24.9 Å². The number of nitrogens with one attached hydrogen (secondary N) is 1. The van der Waals surface area contributed by atoms with Gasteiger partial charge in [0.25, 0.3) is 0 Å². The first-order chi connectivity index (χ1) is 7.67. The van der Waals surface area contributed by atoms with Gasteiger partial charge >= 0.3 is 0 Å². The molecule has 1 fully saturated rings. The van der Waals surface area contributed by atoms with Crippen LogP contribution in [-0.4, -0.2) is 10.5 Å². The zero-order valence-electron chi connectivity index (χ0n) is 10.5. The van der Waals surface area contributed by atoms with Crippen LogP contribution in [0.3, 0.4) is 0 Å². The Kier molecular flexibility index (Phi) is 3.65. The molecule has 0 aromatic carbocycles. The van der Waals surface area contributed by atoms with Crippen LogP contribution in [-0.2, 0) is 6.54 Å². The first-order valence-electron chi connectivity index (χ1n) is 6.36. The molecule has 16 heavy (non-hydrogen) atoms. The monoisotopic (exact) mass is 238 g/mol. The van der Waals surface area contributed by atoms with E-state index in [2.05, 4.69) is 37.3 Å². The highest BCUT2D eigenvalue weighted by Crippen LogP contribution is 2.41. The third kappa shape index (κ3) is 2.83. The average molecular weight is 238 g/mol. The number of hydrogen-bond acceptors (Lipinski definition) is 3. The van der Waals surface area contributed by atoms with Crippen LogP contribution in [0.15, 0.2) is 6.20 Å². The van der Waals surface area contributed by atoms with E-state index in [9.17, 15) is 0 Å². The first kappa shape index (κ1) is 12.1. The molecule has 0 unspecified atom stereocenters. The van der Waals surface area contributed by atoms with Crippen LogP contribution < -0.4 is 5.32 Å². The second kappa shape index (κ2) is 4.84. The summed E-state index contributed by atoms with van der Waals surface area (Å²) in [4.78, 5) is 5.89. The van der Waals surface area contributed by atoms with Crippen molar-refractivity contribution in [3.8, 4) is 0 Å². The van der Waals surface area contributed by atoms with Gasteiger partial charge in [0.05, 0.1) is 5.01 Å². The molecule has 1 saturated carbocycles. The molecule has 1 N–H and O–H groups in total. The minimum atomic E-state index is 0.281. The molecular weight excluding hydrogens is 216 g/mol. The maximum absolute atomic E-state index is 4.51. The molecule has 2 nitrogen and oxygen atoms in total. The molecule has 1 aliphatic rings. The van der Waals surface area contributed by atoms with Gasteiger partial charge in [0.2, 0.25) is 0 Å². The van der Waals surface area contributed by atoms with E-state index in [0.717, 1.165) is 12.5 Å². The van der Waals surface area contributed by atoms with Crippen molar-refractivity contribution in [1.29, 1.82) is 0 Å². The van der Waals surface area contributed by atoms with Gasteiger partial charge in [-0.2, -0.15) is 0 Å². The lowest BCUT2D eigenvalue weighted by molar-refractivity contribution is 0.330. The van der Waals surface area contributed by atoms with Crippen molar-refractivity contribution in [1.82, 2.24) is 10.3 Å². The SMILES string of the molecule is CCC(C)(CC)NCc1cnc(C2CC2)s1. The third-order valence-corrected chi connectivity index (χ3v) is 4.91. The molecule has 0 spiro atoms. The summed E-state index contributed by atoms with van der Waals surface area (Å²) in [5.74, 6) is 0.794. The Morgan fingerprint density at radius 2 is 2.12 bits per heavy atom. The minimum absolute atomic E-state index is 0.281. The molecule has 3 heteroatoms. The standard InChI is InChI=1S/C13H22N2S/c1-4-13(3,5-2)15-9-11-8-14-12(16-11)10-6-7-10/h8,10,15H,4-7,9H2,1-3H3. The van der Waals surface area contributed by atoms with E-state index < -0.39 is 0 Å². The summed E-state index contributed by atoms with van der Waals surface area (Å²) in [7, 11) is 0. The Hall–Kier alpha value is -0.410. The quantitative estimate of drug-likeness (QED) is 0.817. The van der Waals surface area contributed by atoms with Gasteiger partial charge in [0.1, 0.15) is 0 Å². The van der Waals surface area contributed by atoms with E-state index in [4.69, 9.17) is 0 Å². The first-order valence-corrected chi connectivity index (χ1v) is 7.18. The van der Waals surface area contributed by atoms with Gasteiger partial charge < -0.3 is 5.32 Å². The van der Waals surface area contributed by atoms with E-state index in [-0.39, 0.29) is 5.54 Å². The molecule has 0 aliphatic heterocycles. The van der Waals surface area contributed by atoms with Crippen molar-refractivity contribution < 1.29 is 0 Å². The molecule has 1 aliphatic carbocycles. The Bertz CT molecular complexity index is 337. The van der Waals surface area contributed by atoms with Crippen molar-refractivity contribution in [2.24, 2.45) is 0 Å². The Balaban J connectivity index is 1.88. The molecule has 90 valence electrons. The highest BCUT2D eigenvalue weighted by molar-refractivity contribution is 7.11. The van der Waals surface area contributed by atoms with Gasteiger partial charge in [0.15, 0.2) is 0 Å². The summed E-state index contributed by atoms with van der Waals surface area (Å²) in [5, 5.41) is 5.01. The molecule has 1 aromatic heterocycles. The van der Waals surface area contributed by atoms with Gasteiger partial charge in [-0.15, -0.1) is 11.3 Å². The van der Waals surface area contributed by atoms with Crippen LogP contribution in [0, 0.1) is 0 Å².